The van der Waals surface area contributed by atoms with E-state index in [0.29, 0.717) is 59.4 Å². The maximum Gasteiger partial charge on any atom is 0.407 e. The summed E-state index contributed by atoms with van der Waals surface area (Å²) in [6.45, 7) is 10.7. The molecule has 0 spiro atoms. The number of fused-ring (bicyclic) bond motifs is 5. The molecule has 0 radical (unpaired) electrons. The predicted octanol–water partition coefficient (Wildman–Crippen LogP) is 9.72. The molecule has 5 atom stereocenters. The number of nitrogens with zero attached hydrogens (tertiary/aromatic N) is 5. The molecule has 4 amide bonds. The Morgan fingerprint density at radius 3 is 1.86 bits per heavy atom. The second-order valence-electron chi connectivity index (χ2n) is 18.5. The monoisotopic (exact) mass is 1080 g/mol. The number of thiophene rings is 1. The molecule has 72 heavy (non-hydrogen) atoms. The minimum atomic E-state index is -0.770. The van der Waals surface area contributed by atoms with Crippen molar-refractivity contribution in [2.24, 2.45) is 11.8 Å². The van der Waals surface area contributed by atoms with Crippen LogP contribution in [0.2, 0.25) is 0 Å². The Morgan fingerprint density at radius 1 is 0.778 bits per heavy atom. The smallest absolute Gasteiger partial charge is 0.407 e. The number of rotatable bonds is 13. The van der Waals surface area contributed by atoms with E-state index < -0.39 is 36.3 Å². The summed E-state index contributed by atoms with van der Waals surface area (Å²) in [4.78, 5) is 74.0. The van der Waals surface area contributed by atoms with Gasteiger partial charge in [-0.1, -0.05) is 47.1 Å². The number of halogens is 1. The van der Waals surface area contributed by atoms with Crippen molar-refractivity contribution in [3.63, 3.8) is 0 Å². The summed E-state index contributed by atoms with van der Waals surface area (Å²) in [6, 6.07) is 13.5. The van der Waals surface area contributed by atoms with E-state index >= 15 is 4.39 Å². The topological polar surface area (TPSA) is 189 Å². The molecule has 4 aromatic heterocycles. The number of aromatic nitrogens is 5. The molecule has 0 saturated carbocycles. The third-order valence-corrected chi connectivity index (χ3v) is 14.5. The molecule has 4 N–H and O–H groups in total. The Morgan fingerprint density at radius 2 is 1.33 bits per heavy atom. The summed E-state index contributed by atoms with van der Waals surface area (Å²) in [5, 5.41) is 6.27. The van der Waals surface area contributed by atoms with Gasteiger partial charge in [-0.3, -0.25) is 14.2 Å². The number of carbonyl (C=O) groups is 4. The second-order valence-corrected chi connectivity index (χ2v) is 19.7. The van der Waals surface area contributed by atoms with E-state index in [1.807, 2.05) is 52.0 Å². The number of hydrogen-bond donors (Lipinski definition) is 4. The highest BCUT2D eigenvalue weighted by Crippen LogP contribution is 2.48. The van der Waals surface area contributed by atoms with Gasteiger partial charge in [0.2, 0.25) is 18.0 Å². The van der Waals surface area contributed by atoms with Crippen LogP contribution in [0.1, 0.15) is 106 Å². The number of ether oxygens (including phenoxy) is 3. The molecule has 9 rings (SSSR count). The van der Waals surface area contributed by atoms with E-state index in [-0.39, 0.29) is 89.7 Å². The van der Waals surface area contributed by atoms with Crippen LogP contribution in [0.25, 0.3) is 44.7 Å². The lowest BCUT2D eigenvalue weighted by Gasteiger charge is -2.30. The van der Waals surface area contributed by atoms with Crippen LogP contribution < -0.4 is 15.4 Å². The number of nitrogens with one attached hydrogen (secondary N) is 4. The van der Waals surface area contributed by atoms with Crippen molar-refractivity contribution in [2.45, 2.75) is 104 Å². The van der Waals surface area contributed by atoms with Gasteiger partial charge in [0.15, 0.2) is 0 Å². The van der Waals surface area contributed by atoms with Gasteiger partial charge in [-0.25, -0.2) is 23.9 Å². The summed E-state index contributed by atoms with van der Waals surface area (Å²) < 4.78 is 35.4. The van der Waals surface area contributed by atoms with E-state index in [1.54, 1.807) is 33.5 Å². The van der Waals surface area contributed by atoms with Gasteiger partial charge in [0, 0.05) is 34.5 Å². The van der Waals surface area contributed by atoms with E-state index in [9.17, 15) is 19.2 Å². The largest absolute Gasteiger partial charge is 0.464 e. The molecule has 390 valence electrons. The van der Waals surface area contributed by atoms with E-state index in [1.165, 1.54) is 25.2 Å². The molecule has 2 aromatic carbocycles. The molecule has 0 aliphatic carbocycles. The van der Waals surface area contributed by atoms with Gasteiger partial charge in [-0.2, -0.15) is 54.0 Å². The first-order chi connectivity index (χ1) is 32.8. The molecule has 7 heterocycles. The average molecular weight is 1080 g/mol. The van der Waals surface area contributed by atoms with Crippen LogP contribution in [0.5, 0.6) is 5.75 Å². The molecule has 6 aromatic rings. The van der Waals surface area contributed by atoms with E-state index in [0.717, 1.165) is 59.1 Å². The third-order valence-electron chi connectivity index (χ3n) is 13.3. The predicted molar refractivity (Wildman–Crippen MR) is 297 cm³/mol. The van der Waals surface area contributed by atoms with Crippen LogP contribution in [0.3, 0.4) is 0 Å². The van der Waals surface area contributed by atoms with Crippen LogP contribution in [-0.2, 0) is 25.5 Å². The number of imidazole rings is 2. The standard InChI is InChI=1S/C50H58FN9O7S.4H2S/c1-8-11-31-15-17-40(68-31)48-60-35-16-14-28(33-24-52-44(54-33)36-12-9-18-58(36)46(61)42(26(2)3)56-49(63)65-6)20-30(35)22-38(60)41-32(51)21-29(23-39(41)67-48)34-25-53-45(55-34)37-13-10-19-59(37)47(62)43(27(4)5)57-50(64)66-7;;;;/h14-17,20-27,36-37,42-43,48H,8-13,18-19H2,1-7H3,(H,52,54)(H,53,55)(H,56,63)(H,57,64);4*1H2/t36-,37-,42-,43-,48?;;;;/m0..../s1. The number of aromatic amines is 2. The van der Waals surface area contributed by atoms with E-state index in [4.69, 9.17) is 24.2 Å². The van der Waals surface area contributed by atoms with Gasteiger partial charge in [0.25, 0.3) is 0 Å². The van der Waals surface area contributed by atoms with Crippen LogP contribution in [-0.4, -0.2) is 97.7 Å². The normalized spacial score (nSPS) is 17.6. The number of amides is 4. The molecule has 16 nitrogen and oxygen atoms in total. The van der Waals surface area contributed by atoms with Crippen molar-refractivity contribution in [1.29, 1.82) is 0 Å². The van der Waals surface area contributed by atoms with Gasteiger partial charge in [-0.05, 0) is 86.4 Å². The molecular weight excluding hydrogens is 1020 g/mol. The highest BCUT2D eigenvalue weighted by atomic mass is 32.1. The Labute approximate surface area is 450 Å². The molecule has 3 aliphatic heterocycles. The summed E-state index contributed by atoms with van der Waals surface area (Å²) in [7, 11) is 2.55. The maximum atomic E-state index is 16.9. The minimum absolute atomic E-state index is 0. The second kappa shape index (κ2) is 24.2. The van der Waals surface area contributed by atoms with Gasteiger partial charge < -0.3 is 44.6 Å². The lowest BCUT2D eigenvalue weighted by atomic mass is 10.0. The molecular formula is C50H66FN9O7S5. The van der Waals surface area contributed by atoms with Gasteiger partial charge >= 0.3 is 12.2 Å². The Hall–Kier alpha value is -5.29. The molecule has 0 bridgehead atoms. The number of hydrogen-bond acceptors (Lipinski definition) is 10. The first-order valence-electron chi connectivity index (χ1n) is 23.4. The number of H-pyrrole nitrogens is 2. The number of methoxy groups -OCH3 is 2. The minimum Gasteiger partial charge on any atom is -0.464 e. The zero-order valence-corrected chi connectivity index (χ0v) is 46.2. The number of likely N-dealkylation sites (tertiary alicyclic amines) is 2. The number of carbonyl (C=O) groups excluding carboxylic acids is 4. The zero-order chi connectivity index (χ0) is 48.0. The van der Waals surface area contributed by atoms with Crippen LogP contribution in [0, 0.1) is 17.7 Å². The highest BCUT2D eigenvalue weighted by Gasteiger charge is 2.40. The van der Waals surface area contributed by atoms with Crippen molar-refractivity contribution in [3.8, 4) is 39.5 Å². The van der Waals surface area contributed by atoms with Crippen molar-refractivity contribution in [2.75, 3.05) is 27.3 Å². The first kappa shape index (κ1) is 57.6. The maximum absolute atomic E-state index is 16.9. The van der Waals surface area contributed by atoms with Crippen molar-refractivity contribution < 1.29 is 37.8 Å². The fourth-order valence-electron chi connectivity index (χ4n) is 9.88. The number of aryl methyl sites for hydroxylation is 1. The van der Waals surface area contributed by atoms with Gasteiger partial charge in [0.1, 0.15) is 35.3 Å². The first-order valence-corrected chi connectivity index (χ1v) is 24.2. The highest BCUT2D eigenvalue weighted by molar-refractivity contribution is 7.59. The quantitative estimate of drug-likeness (QED) is 0.0873. The van der Waals surface area contributed by atoms with Crippen LogP contribution in [0.15, 0.2) is 60.9 Å². The zero-order valence-electron chi connectivity index (χ0n) is 41.4. The van der Waals surface area contributed by atoms with Gasteiger partial charge in [0.05, 0.1) is 71.7 Å². The average Bonchev–Trinajstić information content (AvgIpc) is 4.19. The molecule has 2 saturated heterocycles. The third kappa shape index (κ3) is 11.1. The molecule has 1 unspecified atom stereocenters. The van der Waals surface area contributed by atoms with Crippen molar-refractivity contribution >= 4 is 100 Å². The van der Waals surface area contributed by atoms with Crippen LogP contribution >= 0.6 is 65.3 Å². The summed E-state index contributed by atoms with van der Waals surface area (Å²) in [5.41, 5.74) is 4.65. The fourth-order valence-corrected chi connectivity index (χ4v) is 11.0. The fraction of sp³-hybridized carbons (Fsp3) is 0.440. The SMILES string of the molecule is CCCc1ccc(C2Oc3cc(-c4cnc([C@@H]5CCCN5C(=O)[C@@H](NC(=O)OC)C(C)C)[nH]4)cc(F)c3-c3cc4cc(-c5cnc([C@@H]6CCCN6C(=O)[C@@H](NC(=O)OC)C(C)C)[nH]5)ccc4n32)s1.S.S.S.S. The Kier molecular flexibility index (Phi) is 19.3. The number of benzene rings is 2. The van der Waals surface area contributed by atoms with Crippen molar-refractivity contribution in [1.82, 2.24) is 44.9 Å². The molecule has 2 fully saturated rings. The van der Waals surface area contributed by atoms with Crippen LogP contribution in [0.4, 0.5) is 14.0 Å². The Balaban J connectivity index is 0.00000241. The Bertz CT molecular complexity index is 2880. The van der Waals surface area contributed by atoms with Gasteiger partial charge in [-0.15, -0.1) is 11.3 Å². The van der Waals surface area contributed by atoms with Crippen molar-refractivity contribution in [3.05, 3.63) is 88.1 Å². The van der Waals surface area contributed by atoms with E-state index in [2.05, 4.69) is 50.3 Å². The lowest BCUT2D eigenvalue weighted by Crippen LogP contribution is -2.51. The number of alkyl carbamates (subject to hydrolysis) is 2. The summed E-state index contributed by atoms with van der Waals surface area (Å²) in [5.74, 6) is 0.450. The summed E-state index contributed by atoms with van der Waals surface area (Å²) in [6.07, 6.45) is 6.43. The molecule has 3 aliphatic rings. The summed E-state index contributed by atoms with van der Waals surface area (Å²) >= 11 is 1.68. The molecule has 22 heteroatoms. The lowest BCUT2D eigenvalue weighted by molar-refractivity contribution is -0.136.